The van der Waals surface area contributed by atoms with E-state index in [1.165, 1.54) is 0 Å². The predicted molar refractivity (Wildman–Crippen MR) is 241 cm³/mol. The molecule has 3 aliphatic heterocycles. The maximum atomic E-state index is 11.0. The SMILES string of the molecule is OCCC1OC2OC(CO)C(OC(O)/C(O)=C(\O)C(CCO)OC(O)C(O)C(O)C(CCO)OC(O)C(O)C(O)C(CCO)OC(O)/C(O)=C(\O)C(CCO)OC(O)/C(O)=C(\O)C(CCO)OC(O)C(O)=C1O)C(O)C2O. The fourth-order valence-corrected chi connectivity index (χ4v) is 7.27. The van der Waals surface area contributed by atoms with Crippen LogP contribution in [-0.4, -0.2) is 314 Å². The first-order valence-electron chi connectivity index (χ1n) is 23.4. The highest BCUT2D eigenvalue weighted by Gasteiger charge is 2.49. The second kappa shape index (κ2) is 33.8. The molecule has 3 aliphatic rings. The van der Waals surface area contributed by atoms with E-state index >= 15 is 0 Å². The van der Waals surface area contributed by atoms with Gasteiger partial charge in [-0.05, 0) is 12.8 Å². The number of fused-ring (bicyclic) bond motifs is 28. The van der Waals surface area contributed by atoms with E-state index in [1.807, 2.05) is 0 Å². The van der Waals surface area contributed by atoms with Crippen LogP contribution in [0.4, 0.5) is 0 Å². The summed E-state index contributed by atoms with van der Waals surface area (Å²) in [6.07, 6.45) is -55.5. The molecule has 0 amide bonds. The van der Waals surface area contributed by atoms with Gasteiger partial charge in [0.25, 0.3) is 0 Å². The van der Waals surface area contributed by atoms with Crippen LogP contribution in [0.2, 0.25) is 0 Å². The zero-order valence-corrected chi connectivity index (χ0v) is 40.7. The van der Waals surface area contributed by atoms with Crippen LogP contribution in [0.5, 0.6) is 0 Å². The summed E-state index contributed by atoms with van der Waals surface area (Å²) in [6.45, 7) is -6.91. The summed E-state index contributed by atoms with van der Waals surface area (Å²) < 4.78 is 41.4. The smallest absolute Gasteiger partial charge is 0.218 e. The Kier molecular flexibility index (Phi) is 30.4. The zero-order chi connectivity index (χ0) is 58.6. The molecule has 21 atom stereocenters. The van der Waals surface area contributed by atoms with Gasteiger partial charge < -0.3 is 176 Å². The summed E-state index contributed by atoms with van der Waals surface area (Å²) in [6, 6.07) is 0. The summed E-state index contributed by atoms with van der Waals surface area (Å²) in [7, 11) is 0. The second-order valence-corrected chi connectivity index (χ2v) is 17.0. The van der Waals surface area contributed by atoms with E-state index in [1.54, 1.807) is 0 Å². The molecule has 21 unspecified atom stereocenters. The van der Waals surface area contributed by atoms with Crippen molar-refractivity contribution < 1.29 is 176 Å². The Balaban J connectivity index is 2.79. The third kappa shape index (κ3) is 19.2. The minimum atomic E-state index is -2.84. The Morgan fingerprint density at radius 2 is 0.571 bits per heavy atom. The summed E-state index contributed by atoms with van der Waals surface area (Å²) in [5, 5.41) is 284. The van der Waals surface area contributed by atoms with Crippen molar-refractivity contribution in [2.75, 3.05) is 46.2 Å². The van der Waals surface area contributed by atoms with Crippen LogP contribution in [0.15, 0.2) is 46.1 Å². The largest absolute Gasteiger partial charge is 0.506 e. The highest BCUT2D eigenvalue weighted by atomic mass is 16.7. The van der Waals surface area contributed by atoms with Crippen molar-refractivity contribution in [1.29, 1.82) is 0 Å². The average molecular weight is 1140 g/mol. The number of rotatable bonds is 13. The third-order valence-electron chi connectivity index (χ3n) is 11.6. The van der Waals surface area contributed by atoms with Gasteiger partial charge in [0.15, 0.2) is 64.9 Å². The second-order valence-electron chi connectivity index (χ2n) is 17.0. The molecule has 3 heterocycles. The Bertz CT molecular complexity index is 1830. The van der Waals surface area contributed by atoms with Crippen molar-refractivity contribution in [1.82, 2.24) is 0 Å². The van der Waals surface area contributed by atoms with Crippen molar-refractivity contribution in [3.8, 4) is 0 Å². The van der Waals surface area contributed by atoms with Crippen molar-refractivity contribution in [2.24, 2.45) is 0 Å². The number of aliphatic hydroxyl groups is 27. The monoisotopic (exact) mass is 1140 g/mol. The Morgan fingerprint density at radius 3 is 0.935 bits per heavy atom. The van der Waals surface area contributed by atoms with Gasteiger partial charge in [-0.15, -0.1) is 0 Å². The Hall–Kier alpha value is -3.72. The Labute approximate surface area is 435 Å². The lowest BCUT2D eigenvalue weighted by atomic mass is 9.98. The van der Waals surface area contributed by atoms with E-state index in [2.05, 4.69) is 0 Å². The van der Waals surface area contributed by atoms with Gasteiger partial charge in [0.05, 0.1) is 18.8 Å². The maximum Gasteiger partial charge on any atom is 0.218 e. The van der Waals surface area contributed by atoms with E-state index in [0.29, 0.717) is 0 Å². The molecule has 452 valence electrons. The lowest BCUT2D eigenvalue weighted by Gasteiger charge is -2.43. The molecular weight excluding hydrogens is 1060 g/mol. The van der Waals surface area contributed by atoms with Crippen molar-refractivity contribution in [3.63, 3.8) is 0 Å². The van der Waals surface area contributed by atoms with Crippen molar-refractivity contribution in [2.45, 2.75) is 168 Å². The van der Waals surface area contributed by atoms with Crippen LogP contribution in [0.1, 0.15) is 38.5 Å². The molecule has 35 nitrogen and oxygen atoms in total. The average Bonchev–Trinajstić information content (AvgIpc) is 3.40. The normalized spacial score (nSPS) is 41.5. The van der Waals surface area contributed by atoms with E-state index in [9.17, 15) is 138 Å². The number of ether oxygens (including phenoxy) is 8. The fourth-order valence-electron chi connectivity index (χ4n) is 7.27. The molecule has 2 bridgehead atoms. The molecule has 0 aliphatic carbocycles. The van der Waals surface area contributed by atoms with Crippen molar-refractivity contribution in [3.05, 3.63) is 46.1 Å². The molecule has 1 fully saturated rings. The van der Waals surface area contributed by atoms with Gasteiger partial charge in [0.2, 0.25) is 25.2 Å². The van der Waals surface area contributed by atoms with Gasteiger partial charge in [-0.1, -0.05) is 0 Å². The molecule has 0 spiro atoms. The van der Waals surface area contributed by atoms with Crippen LogP contribution < -0.4 is 0 Å². The predicted octanol–water partition coefficient (Wildman–Crippen LogP) is -8.91. The molecule has 0 saturated carbocycles. The highest BCUT2D eigenvalue weighted by molar-refractivity contribution is 5.13. The maximum absolute atomic E-state index is 11.0. The molecule has 3 rings (SSSR count). The molecule has 0 radical (unpaired) electrons. The fraction of sp³-hybridized carbons (Fsp3) is 0.810. The van der Waals surface area contributed by atoms with E-state index in [4.69, 9.17) is 37.9 Å². The molecule has 0 aromatic heterocycles. The van der Waals surface area contributed by atoms with Gasteiger partial charge in [-0.3, -0.25) is 0 Å². The lowest BCUT2D eigenvalue weighted by molar-refractivity contribution is -0.329. The Morgan fingerprint density at radius 1 is 0.260 bits per heavy atom. The lowest BCUT2D eigenvalue weighted by Crippen LogP contribution is -2.61. The minimum Gasteiger partial charge on any atom is -0.506 e. The minimum absolute atomic E-state index is 0.757. The van der Waals surface area contributed by atoms with Gasteiger partial charge in [0, 0.05) is 65.3 Å². The summed E-state index contributed by atoms with van der Waals surface area (Å²) in [5.41, 5.74) is 0. The van der Waals surface area contributed by atoms with Crippen LogP contribution in [0, 0.1) is 0 Å². The first-order chi connectivity index (χ1) is 36.2. The number of aliphatic hydroxyl groups excluding tert-OH is 27. The first kappa shape index (κ1) is 69.4. The zero-order valence-electron chi connectivity index (χ0n) is 40.7. The third-order valence-corrected chi connectivity index (χ3v) is 11.6. The van der Waals surface area contributed by atoms with Crippen LogP contribution in [-0.2, 0) is 37.9 Å². The molecule has 0 aromatic rings. The number of hydrogen-bond acceptors (Lipinski definition) is 35. The van der Waals surface area contributed by atoms with Crippen LogP contribution in [0.3, 0.4) is 0 Å². The number of hydrogen-bond donors (Lipinski definition) is 27. The highest BCUT2D eigenvalue weighted by Crippen LogP contribution is 2.31. The molecule has 0 aromatic carbocycles. The quantitative estimate of drug-likeness (QED) is 0.0814. The molecular formula is C42H74O35. The van der Waals surface area contributed by atoms with E-state index < -0.39 is 260 Å². The molecule has 35 heteroatoms. The van der Waals surface area contributed by atoms with Gasteiger partial charge in [-0.2, -0.15) is 0 Å². The topological polar surface area (TPSA) is 620 Å². The van der Waals surface area contributed by atoms with Gasteiger partial charge >= 0.3 is 0 Å². The molecule has 27 N–H and O–H groups in total. The summed E-state index contributed by atoms with van der Waals surface area (Å²) >= 11 is 0. The summed E-state index contributed by atoms with van der Waals surface area (Å²) in [4.78, 5) is 0. The van der Waals surface area contributed by atoms with Crippen molar-refractivity contribution >= 4 is 0 Å². The van der Waals surface area contributed by atoms with Crippen LogP contribution in [0.25, 0.3) is 0 Å². The van der Waals surface area contributed by atoms with E-state index in [-0.39, 0.29) is 0 Å². The van der Waals surface area contributed by atoms with E-state index in [0.717, 1.165) is 0 Å². The van der Waals surface area contributed by atoms with Crippen LogP contribution >= 0.6 is 0 Å². The summed E-state index contributed by atoms with van der Waals surface area (Å²) in [5.74, 6) is -12.5. The molecule has 1 saturated heterocycles. The van der Waals surface area contributed by atoms with Gasteiger partial charge in [0.1, 0.15) is 73.2 Å². The standard InChI is InChI=1S/C42H74O35/c43-7-1-14-21(50)29(58)37(65)72-16(3-9-45)23(52)31(60)39(67)74-18(5-11-47)25(54)33(62)41(69)77-35-20(13-49)76-42(34(63)27(35)56)75-19(6-12-48)26(55)32(61)40(68)73-17(4-10-46)24(53)30(59)38(66)71-15(2-8-44)22(51)28(57)36(64)70-14/h14-21,23,27,29,31,34-69H,1-13H2/b28-22+,30-24+,32-26?,33-25+. The molecule has 77 heavy (non-hydrogen) atoms. The first-order valence-corrected chi connectivity index (χ1v) is 23.4. The van der Waals surface area contributed by atoms with Gasteiger partial charge in [-0.25, -0.2) is 0 Å².